The van der Waals surface area contributed by atoms with Crippen molar-refractivity contribution in [2.75, 3.05) is 0 Å². The number of sulfone groups is 1. The molecular formula is C10H12ClNO4S. The van der Waals surface area contributed by atoms with Gasteiger partial charge in [-0.3, -0.25) is 10.0 Å². The highest BCUT2D eigenvalue weighted by Crippen LogP contribution is 2.20. The van der Waals surface area contributed by atoms with Crippen molar-refractivity contribution < 1.29 is 18.4 Å². The number of hydrogen-bond acceptors (Lipinski definition) is 4. The highest BCUT2D eigenvalue weighted by molar-refractivity contribution is 7.92. The number of hydrogen-bond donors (Lipinski definition) is 2. The number of halogens is 1. The molecule has 0 bridgehead atoms. The first-order valence-corrected chi connectivity index (χ1v) is 6.72. The topological polar surface area (TPSA) is 83.5 Å². The van der Waals surface area contributed by atoms with E-state index >= 15 is 0 Å². The fraction of sp³-hybridized carbons (Fsp3) is 0.300. The van der Waals surface area contributed by atoms with Gasteiger partial charge in [0, 0.05) is 11.4 Å². The molecule has 0 saturated heterocycles. The molecular weight excluding hydrogens is 266 g/mol. The largest absolute Gasteiger partial charge is 0.289 e. The monoisotopic (exact) mass is 277 g/mol. The molecule has 1 aromatic rings. The van der Waals surface area contributed by atoms with E-state index in [1.54, 1.807) is 0 Å². The molecule has 2 N–H and O–H groups in total. The summed E-state index contributed by atoms with van der Waals surface area (Å²) in [6.07, 6.45) is -0.304. The number of carbonyl (C=O) groups is 1. The molecule has 0 aliphatic carbocycles. The molecule has 1 unspecified atom stereocenters. The van der Waals surface area contributed by atoms with Crippen LogP contribution in [0.1, 0.15) is 13.3 Å². The maximum Gasteiger partial charge on any atom is 0.244 e. The van der Waals surface area contributed by atoms with E-state index in [-0.39, 0.29) is 11.3 Å². The van der Waals surface area contributed by atoms with E-state index in [1.165, 1.54) is 36.7 Å². The van der Waals surface area contributed by atoms with Gasteiger partial charge in [0.2, 0.25) is 5.91 Å². The summed E-state index contributed by atoms with van der Waals surface area (Å²) in [5.41, 5.74) is 1.40. The van der Waals surface area contributed by atoms with Gasteiger partial charge in [-0.05, 0) is 31.2 Å². The molecule has 17 heavy (non-hydrogen) atoms. The lowest BCUT2D eigenvalue weighted by Crippen LogP contribution is -2.27. The SMILES string of the molecule is CC(CC(=O)NO)S(=O)(=O)c1ccc(Cl)cc1. The summed E-state index contributed by atoms with van der Waals surface area (Å²) in [5, 5.41) is 7.86. The van der Waals surface area contributed by atoms with Crippen LogP contribution in [-0.2, 0) is 14.6 Å². The van der Waals surface area contributed by atoms with Gasteiger partial charge in [-0.1, -0.05) is 11.6 Å². The molecule has 7 heteroatoms. The Hall–Kier alpha value is -1.11. The van der Waals surface area contributed by atoms with Crippen molar-refractivity contribution >= 4 is 27.3 Å². The second-order valence-electron chi connectivity index (χ2n) is 3.55. The Labute approximate surface area is 104 Å². The maximum absolute atomic E-state index is 12.0. The lowest BCUT2D eigenvalue weighted by molar-refractivity contribution is -0.129. The molecule has 94 valence electrons. The Morgan fingerprint density at radius 1 is 1.41 bits per heavy atom. The summed E-state index contributed by atoms with van der Waals surface area (Å²) in [6, 6.07) is 5.69. The van der Waals surface area contributed by atoms with E-state index in [1.807, 2.05) is 0 Å². The minimum absolute atomic E-state index is 0.0974. The van der Waals surface area contributed by atoms with Crippen LogP contribution in [0.3, 0.4) is 0 Å². The molecule has 1 amide bonds. The second kappa shape index (κ2) is 5.48. The van der Waals surface area contributed by atoms with Gasteiger partial charge < -0.3 is 0 Å². The van der Waals surface area contributed by atoms with Gasteiger partial charge in [0.1, 0.15) is 0 Å². The number of carbonyl (C=O) groups excluding carboxylic acids is 1. The summed E-state index contributed by atoms with van der Waals surface area (Å²) in [6.45, 7) is 1.40. The molecule has 1 atom stereocenters. The average molecular weight is 278 g/mol. The molecule has 0 aromatic heterocycles. The number of nitrogens with one attached hydrogen (secondary N) is 1. The van der Waals surface area contributed by atoms with Crippen LogP contribution >= 0.6 is 11.6 Å². The highest BCUT2D eigenvalue weighted by Gasteiger charge is 2.25. The minimum atomic E-state index is -3.59. The first-order chi connectivity index (χ1) is 7.87. The van der Waals surface area contributed by atoms with Crippen LogP contribution < -0.4 is 5.48 Å². The lowest BCUT2D eigenvalue weighted by Gasteiger charge is -2.11. The molecule has 1 aromatic carbocycles. The van der Waals surface area contributed by atoms with Gasteiger partial charge in [-0.15, -0.1) is 0 Å². The summed E-state index contributed by atoms with van der Waals surface area (Å²) in [5.74, 6) is -0.741. The number of amides is 1. The van der Waals surface area contributed by atoms with Crippen molar-refractivity contribution in [3.63, 3.8) is 0 Å². The quantitative estimate of drug-likeness (QED) is 0.644. The van der Waals surface area contributed by atoms with E-state index < -0.39 is 21.0 Å². The number of hydroxylamine groups is 1. The molecule has 0 aliphatic heterocycles. The van der Waals surface area contributed by atoms with Crippen LogP contribution in [-0.4, -0.2) is 24.8 Å². The standard InChI is InChI=1S/C10H12ClNO4S/c1-7(6-10(13)12-14)17(15,16)9-4-2-8(11)3-5-9/h2-5,7,14H,6H2,1H3,(H,12,13). The van der Waals surface area contributed by atoms with Crippen molar-refractivity contribution in [1.82, 2.24) is 5.48 Å². The normalized spacial score (nSPS) is 13.1. The zero-order chi connectivity index (χ0) is 13.1. The van der Waals surface area contributed by atoms with Crippen LogP contribution in [0, 0.1) is 0 Å². The first-order valence-electron chi connectivity index (χ1n) is 4.80. The van der Waals surface area contributed by atoms with Crippen LogP contribution in [0.2, 0.25) is 5.02 Å². The van der Waals surface area contributed by atoms with Crippen LogP contribution in [0.4, 0.5) is 0 Å². The maximum atomic E-state index is 12.0. The third-order valence-electron chi connectivity index (χ3n) is 2.27. The van der Waals surface area contributed by atoms with Crippen LogP contribution in [0.5, 0.6) is 0 Å². The fourth-order valence-electron chi connectivity index (χ4n) is 1.27. The fourth-order valence-corrected chi connectivity index (χ4v) is 2.75. The Morgan fingerprint density at radius 3 is 2.41 bits per heavy atom. The molecule has 5 nitrogen and oxygen atoms in total. The Morgan fingerprint density at radius 2 is 1.94 bits per heavy atom. The van der Waals surface area contributed by atoms with Gasteiger partial charge in [-0.2, -0.15) is 0 Å². The van der Waals surface area contributed by atoms with Gasteiger partial charge >= 0.3 is 0 Å². The smallest absolute Gasteiger partial charge is 0.244 e. The van der Waals surface area contributed by atoms with E-state index in [0.717, 1.165) is 0 Å². The van der Waals surface area contributed by atoms with Gasteiger partial charge in [0.25, 0.3) is 0 Å². The average Bonchev–Trinajstić information content (AvgIpc) is 2.29. The van der Waals surface area contributed by atoms with Crippen molar-refractivity contribution in [3.05, 3.63) is 29.3 Å². The van der Waals surface area contributed by atoms with Gasteiger partial charge in [0.05, 0.1) is 10.1 Å². The predicted octanol–water partition coefficient (Wildman–Crippen LogP) is 1.40. The molecule has 0 saturated carbocycles. The summed E-state index contributed by atoms with van der Waals surface area (Å²) in [4.78, 5) is 11.0. The van der Waals surface area contributed by atoms with E-state index in [4.69, 9.17) is 16.8 Å². The summed E-state index contributed by atoms with van der Waals surface area (Å²) < 4.78 is 24.0. The minimum Gasteiger partial charge on any atom is -0.289 e. The highest BCUT2D eigenvalue weighted by atomic mass is 35.5. The molecule has 0 spiro atoms. The Balaban J connectivity index is 2.95. The molecule has 0 radical (unpaired) electrons. The van der Waals surface area contributed by atoms with Crippen LogP contribution in [0.25, 0.3) is 0 Å². The zero-order valence-electron chi connectivity index (χ0n) is 9.05. The number of rotatable bonds is 4. The van der Waals surface area contributed by atoms with Crippen molar-refractivity contribution in [1.29, 1.82) is 0 Å². The van der Waals surface area contributed by atoms with E-state index in [2.05, 4.69) is 0 Å². The van der Waals surface area contributed by atoms with Gasteiger partial charge in [0.15, 0.2) is 9.84 Å². The van der Waals surface area contributed by atoms with E-state index in [9.17, 15) is 13.2 Å². The molecule has 1 rings (SSSR count). The van der Waals surface area contributed by atoms with Crippen molar-refractivity contribution in [2.24, 2.45) is 0 Å². The summed E-state index contributed by atoms with van der Waals surface area (Å²) >= 11 is 5.66. The van der Waals surface area contributed by atoms with Crippen molar-refractivity contribution in [3.8, 4) is 0 Å². The summed E-state index contributed by atoms with van der Waals surface area (Å²) in [7, 11) is -3.59. The van der Waals surface area contributed by atoms with Crippen molar-refractivity contribution in [2.45, 2.75) is 23.5 Å². The third kappa shape index (κ3) is 3.42. The van der Waals surface area contributed by atoms with Gasteiger partial charge in [-0.25, -0.2) is 13.9 Å². The molecule has 0 aliphatic rings. The molecule has 0 heterocycles. The zero-order valence-corrected chi connectivity index (χ0v) is 10.6. The van der Waals surface area contributed by atoms with E-state index in [0.29, 0.717) is 5.02 Å². The lowest BCUT2D eigenvalue weighted by atomic mass is 10.3. The Bertz CT molecular complexity index is 498. The second-order valence-corrected chi connectivity index (χ2v) is 6.35. The number of benzene rings is 1. The first kappa shape index (κ1) is 14.0. The predicted molar refractivity (Wildman–Crippen MR) is 62.6 cm³/mol. The third-order valence-corrected chi connectivity index (χ3v) is 4.68. The molecule has 0 fully saturated rings. The Kier molecular flexibility index (Phi) is 4.50. The van der Waals surface area contributed by atoms with Crippen LogP contribution in [0.15, 0.2) is 29.2 Å².